The SMILES string of the molecule is COCCC(CO)NC(=O)c1cccc(C)c1. The summed E-state index contributed by atoms with van der Waals surface area (Å²) in [5.74, 6) is -0.163. The van der Waals surface area contributed by atoms with Crippen molar-refractivity contribution in [3.8, 4) is 0 Å². The molecule has 1 aromatic carbocycles. The van der Waals surface area contributed by atoms with Gasteiger partial charge in [-0.05, 0) is 25.5 Å². The summed E-state index contributed by atoms with van der Waals surface area (Å²) in [5.41, 5.74) is 1.65. The summed E-state index contributed by atoms with van der Waals surface area (Å²) in [5, 5.41) is 11.9. The number of carbonyl (C=O) groups excluding carboxylic acids is 1. The van der Waals surface area contributed by atoms with Crippen LogP contribution in [0.3, 0.4) is 0 Å². The van der Waals surface area contributed by atoms with Crippen molar-refractivity contribution in [2.24, 2.45) is 0 Å². The third-order valence-electron chi connectivity index (χ3n) is 2.51. The summed E-state index contributed by atoms with van der Waals surface area (Å²) in [4.78, 5) is 11.9. The molecule has 0 bridgehead atoms. The first-order chi connectivity index (χ1) is 8.17. The highest BCUT2D eigenvalue weighted by molar-refractivity contribution is 5.94. The zero-order valence-corrected chi connectivity index (χ0v) is 10.3. The predicted molar refractivity (Wildman–Crippen MR) is 66.0 cm³/mol. The van der Waals surface area contributed by atoms with E-state index < -0.39 is 0 Å². The number of aliphatic hydroxyl groups is 1. The van der Waals surface area contributed by atoms with E-state index >= 15 is 0 Å². The largest absolute Gasteiger partial charge is 0.394 e. The molecule has 0 radical (unpaired) electrons. The quantitative estimate of drug-likeness (QED) is 0.779. The van der Waals surface area contributed by atoms with Crippen LogP contribution in [0, 0.1) is 6.92 Å². The zero-order valence-electron chi connectivity index (χ0n) is 10.3. The molecule has 1 atom stereocenters. The van der Waals surface area contributed by atoms with Gasteiger partial charge in [-0.15, -0.1) is 0 Å². The highest BCUT2D eigenvalue weighted by atomic mass is 16.5. The maximum absolute atomic E-state index is 11.9. The third kappa shape index (κ3) is 4.54. The van der Waals surface area contributed by atoms with Gasteiger partial charge in [0.1, 0.15) is 0 Å². The second-order valence-corrected chi connectivity index (χ2v) is 4.00. The number of methoxy groups -OCH3 is 1. The maximum atomic E-state index is 11.9. The van der Waals surface area contributed by atoms with E-state index in [0.29, 0.717) is 18.6 Å². The van der Waals surface area contributed by atoms with Crippen LogP contribution in [-0.2, 0) is 4.74 Å². The molecule has 1 unspecified atom stereocenters. The smallest absolute Gasteiger partial charge is 0.251 e. The number of hydrogen-bond acceptors (Lipinski definition) is 3. The standard InChI is InChI=1S/C13H19NO3/c1-10-4-3-5-11(8-10)13(16)14-12(9-15)6-7-17-2/h3-5,8,12,15H,6-7,9H2,1-2H3,(H,14,16). The Bertz CT molecular complexity index is 365. The Kier molecular flexibility index (Phi) is 5.66. The number of aliphatic hydroxyl groups excluding tert-OH is 1. The number of aryl methyl sites for hydroxylation is 1. The molecule has 0 aliphatic carbocycles. The summed E-state index contributed by atoms with van der Waals surface area (Å²) < 4.78 is 4.92. The molecule has 0 saturated heterocycles. The number of rotatable bonds is 6. The van der Waals surface area contributed by atoms with Gasteiger partial charge in [0.2, 0.25) is 0 Å². The molecular formula is C13H19NO3. The van der Waals surface area contributed by atoms with Gasteiger partial charge in [0.05, 0.1) is 12.6 Å². The van der Waals surface area contributed by atoms with Crippen LogP contribution in [0.4, 0.5) is 0 Å². The van der Waals surface area contributed by atoms with E-state index in [-0.39, 0.29) is 18.6 Å². The maximum Gasteiger partial charge on any atom is 0.251 e. The van der Waals surface area contributed by atoms with E-state index in [2.05, 4.69) is 5.32 Å². The molecule has 1 amide bonds. The lowest BCUT2D eigenvalue weighted by Crippen LogP contribution is -2.38. The lowest BCUT2D eigenvalue weighted by Gasteiger charge is -2.15. The van der Waals surface area contributed by atoms with E-state index in [9.17, 15) is 4.79 Å². The minimum Gasteiger partial charge on any atom is -0.394 e. The van der Waals surface area contributed by atoms with Gasteiger partial charge in [-0.1, -0.05) is 17.7 Å². The van der Waals surface area contributed by atoms with E-state index in [1.54, 1.807) is 13.2 Å². The normalized spacial score (nSPS) is 12.2. The van der Waals surface area contributed by atoms with Gasteiger partial charge < -0.3 is 15.2 Å². The van der Waals surface area contributed by atoms with Crippen molar-refractivity contribution in [3.63, 3.8) is 0 Å². The molecular weight excluding hydrogens is 218 g/mol. The molecule has 0 aliphatic rings. The fourth-order valence-electron chi connectivity index (χ4n) is 1.52. The van der Waals surface area contributed by atoms with Crippen molar-refractivity contribution >= 4 is 5.91 Å². The second kappa shape index (κ2) is 7.04. The highest BCUT2D eigenvalue weighted by Crippen LogP contribution is 2.04. The van der Waals surface area contributed by atoms with Gasteiger partial charge in [0.15, 0.2) is 0 Å². The summed E-state index contributed by atoms with van der Waals surface area (Å²) in [7, 11) is 1.59. The number of benzene rings is 1. The Hall–Kier alpha value is -1.39. The summed E-state index contributed by atoms with van der Waals surface area (Å²) in [6.07, 6.45) is 0.602. The van der Waals surface area contributed by atoms with E-state index in [4.69, 9.17) is 9.84 Å². The van der Waals surface area contributed by atoms with E-state index in [0.717, 1.165) is 5.56 Å². The van der Waals surface area contributed by atoms with Crippen LogP contribution >= 0.6 is 0 Å². The van der Waals surface area contributed by atoms with Crippen molar-refractivity contribution < 1.29 is 14.6 Å². The molecule has 4 heteroatoms. The first kappa shape index (κ1) is 13.7. The minimum atomic E-state index is -0.261. The first-order valence-electron chi connectivity index (χ1n) is 5.64. The first-order valence-corrected chi connectivity index (χ1v) is 5.64. The van der Waals surface area contributed by atoms with Crippen LogP contribution in [0.5, 0.6) is 0 Å². The zero-order chi connectivity index (χ0) is 12.7. The van der Waals surface area contributed by atoms with E-state index in [1.807, 2.05) is 25.1 Å². The van der Waals surface area contributed by atoms with Crippen LogP contribution in [0.2, 0.25) is 0 Å². The lowest BCUT2D eigenvalue weighted by atomic mass is 10.1. The fraction of sp³-hybridized carbons (Fsp3) is 0.462. The van der Waals surface area contributed by atoms with Gasteiger partial charge in [-0.2, -0.15) is 0 Å². The Morgan fingerprint density at radius 3 is 2.88 bits per heavy atom. The van der Waals surface area contributed by atoms with Gasteiger partial charge >= 0.3 is 0 Å². The molecule has 4 nitrogen and oxygen atoms in total. The molecule has 17 heavy (non-hydrogen) atoms. The summed E-state index contributed by atoms with van der Waals surface area (Å²) in [6, 6.07) is 7.09. The number of hydrogen-bond donors (Lipinski definition) is 2. The van der Waals surface area contributed by atoms with Crippen molar-refractivity contribution in [3.05, 3.63) is 35.4 Å². The van der Waals surface area contributed by atoms with Crippen molar-refractivity contribution in [1.29, 1.82) is 0 Å². The van der Waals surface area contributed by atoms with Crippen LogP contribution in [0.15, 0.2) is 24.3 Å². The monoisotopic (exact) mass is 237 g/mol. The van der Waals surface area contributed by atoms with Gasteiger partial charge in [-0.25, -0.2) is 0 Å². The summed E-state index contributed by atoms with van der Waals surface area (Å²) in [6.45, 7) is 2.37. The van der Waals surface area contributed by atoms with Gasteiger partial charge in [0, 0.05) is 19.3 Å². The molecule has 0 aromatic heterocycles. The molecule has 94 valence electrons. The summed E-state index contributed by atoms with van der Waals surface area (Å²) >= 11 is 0. The Morgan fingerprint density at radius 2 is 2.29 bits per heavy atom. The Morgan fingerprint density at radius 1 is 1.53 bits per heavy atom. The molecule has 0 aliphatic heterocycles. The van der Waals surface area contributed by atoms with Crippen LogP contribution in [0.25, 0.3) is 0 Å². The van der Waals surface area contributed by atoms with Crippen molar-refractivity contribution in [1.82, 2.24) is 5.32 Å². The lowest BCUT2D eigenvalue weighted by molar-refractivity contribution is 0.0894. The van der Waals surface area contributed by atoms with Gasteiger partial charge in [-0.3, -0.25) is 4.79 Å². The molecule has 0 fully saturated rings. The number of nitrogens with one attached hydrogen (secondary N) is 1. The number of amides is 1. The molecule has 1 aromatic rings. The molecule has 1 rings (SSSR count). The average Bonchev–Trinajstić information content (AvgIpc) is 2.34. The predicted octanol–water partition coefficient (Wildman–Crippen LogP) is 1.12. The third-order valence-corrected chi connectivity index (χ3v) is 2.51. The highest BCUT2D eigenvalue weighted by Gasteiger charge is 2.12. The number of carbonyl (C=O) groups is 1. The fourth-order valence-corrected chi connectivity index (χ4v) is 1.52. The Labute approximate surface area is 102 Å². The van der Waals surface area contributed by atoms with Crippen molar-refractivity contribution in [2.45, 2.75) is 19.4 Å². The number of ether oxygens (including phenoxy) is 1. The molecule has 0 heterocycles. The van der Waals surface area contributed by atoms with Crippen LogP contribution in [0.1, 0.15) is 22.3 Å². The van der Waals surface area contributed by atoms with Crippen LogP contribution < -0.4 is 5.32 Å². The average molecular weight is 237 g/mol. The topological polar surface area (TPSA) is 58.6 Å². The molecule has 0 saturated carbocycles. The Balaban J connectivity index is 2.58. The van der Waals surface area contributed by atoms with Crippen LogP contribution in [-0.4, -0.2) is 37.4 Å². The van der Waals surface area contributed by atoms with E-state index in [1.165, 1.54) is 0 Å². The van der Waals surface area contributed by atoms with Crippen molar-refractivity contribution in [2.75, 3.05) is 20.3 Å². The van der Waals surface area contributed by atoms with Gasteiger partial charge in [0.25, 0.3) is 5.91 Å². The minimum absolute atomic E-state index is 0.0824. The molecule has 2 N–H and O–H groups in total. The second-order valence-electron chi connectivity index (χ2n) is 4.00. The molecule has 0 spiro atoms.